The summed E-state index contributed by atoms with van der Waals surface area (Å²) in [5, 5.41) is 20.8. The molecule has 12 nitrogen and oxygen atoms in total. The maximum Gasteiger partial charge on any atom is 0.326 e. The van der Waals surface area contributed by atoms with Crippen molar-refractivity contribution in [3.05, 3.63) is 36.0 Å². The molecule has 1 aromatic carbocycles. The van der Waals surface area contributed by atoms with E-state index in [1.807, 2.05) is 24.3 Å². The molecule has 188 valence electrons. The Balaban J connectivity index is 1.56. The van der Waals surface area contributed by atoms with Crippen LogP contribution in [-0.4, -0.2) is 70.9 Å². The van der Waals surface area contributed by atoms with Gasteiger partial charge in [0.25, 0.3) is 0 Å². The Kier molecular flexibility index (Phi) is 8.79. The molecule has 0 radical (unpaired) electrons. The van der Waals surface area contributed by atoms with Crippen LogP contribution in [0.5, 0.6) is 0 Å². The number of hydrogen-bond donors (Lipinski definition) is 7. The summed E-state index contributed by atoms with van der Waals surface area (Å²) in [7, 11) is 0. The Bertz CT molecular complexity index is 1090. The van der Waals surface area contributed by atoms with Gasteiger partial charge in [-0.25, -0.2) is 4.79 Å². The number of nitrogens with two attached hydrogens (primary N) is 1. The number of carbonyl (C=O) groups excluding carboxylic acids is 4. The van der Waals surface area contributed by atoms with Crippen molar-refractivity contribution in [1.82, 2.24) is 26.3 Å². The number of aromatic nitrogens is 1. The minimum absolute atomic E-state index is 0.0282. The van der Waals surface area contributed by atoms with Crippen molar-refractivity contribution in [3.63, 3.8) is 0 Å². The molecule has 3 atom stereocenters. The average Bonchev–Trinajstić information content (AvgIpc) is 3.50. The van der Waals surface area contributed by atoms with E-state index in [0.29, 0.717) is 13.0 Å². The van der Waals surface area contributed by atoms with Gasteiger partial charge in [-0.2, -0.15) is 0 Å². The molecule has 0 saturated carbocycles. The molecule has 1 fully saturated rings. The van der Waals surface area contributed by atoms with Crippen molar-refractivity contribution in [3.8, 4) is 0 Å². The maximum atomic E-state index is 12.6. The predicted octanol–water partition coefficient (Wildman–Crippen LogP) is -1.10. The number of carboxylic acids is 1. The second-order valence-electron chi connectivity index (χ2n) is 8.45. The first-order valence-corrected chi connectivity index (χ1v) is 11.4. The number of carboxylic acid groups (broad SMARTS) is 1. The van der Waals surface area contributed by atoms with Gasteiger partial charge in [0.05, 0.1) is 12.6 Å². The SMILES string of the molecule is NC(=O)CCC(NC(=O)C1CCCN1)C(=O)NCC(=O)NC(Cc1c[nH]c2ccccc12)C(=O)O. The molecule has 0 bridgehead atoms. The Morgan fingerprint density at radius 1 is 1.11 bits per heavy atom. The van der Waals surface area contributed by atoms with Gasteiger partial charge in [-0.3, -0.25) is 19.2 Å². The van der Waals surface area contributed by atoms with Crippen LogP contribution < -0.4 is 27.0 Å². The first-order valence-electron chi connectivity index (χ1n) is 11.4. The maximum absolute atomic E-state index is 12.6. The lowest BCUT2D eigenvalue weighted by Gasteiger charge is -2.20. The minimum atomic E-state index is -1.22. The molecule has 35 heavy (non-hydrogen) atoms. The summed E-state index contributed by atoms with van der Waals surface area (Å²) in [6.07, 6.45) is 3.05. The molecule has 2 heterocycles. The third-order valence-corrected chi connectivity index (χ3v) is 5.84. The Hall–Kier alpha value is -3.93. The van der Waals surface area contributed by atoms with E-state index in [0.717, 1.165) is 22.9 Å². The molecule has 1 aliphatic heterocycles. The van der Waals surface area contributed by atoms with Crippen molar-refractivity contribution < 1.29 is 29.1 Å². The lowest BCUT2D eigenvalue weighted by Crippen LogP contribution is -2.53. The Morgan fingerprint density at radius 2 is 1.89 bits per heavy atom. The van der Waals surface area contributed by atoms with Gasteiger partial charge in [-0.1, -0.05) is 18.2 Å². The van der Waals surface area contributed by atoms with Gasteiger partial charge in [-0.15, -0.1) is 0 Å². The van der Waals surface area contributed by atoms with Crippen LogP contribution in [0, 0.1) is 0 Å². The first kappa shape index (κ1) is 25.7. The first-order chi connectivity index (χ1) is 16.7. The zero-order valence-electron chi connectivity index (χ0n) is 19.1. The van der Waals surface area contributed by atoms with E-state index in [2.05, 4.69) is 26.3 Å². The number of nitrogens with one attached hydrogen (secondary N) is 5. The lowest BCUT2D eigenvalue weighted by molar-refractivity contribution is -0.141. The Labute approximate surface area is 201 Å². The van der Waals surface area contributed by atoms with Crippen LogP contribution in [0.4, 0.5) is 0 Å². The lowest BCUT2D eigenvalue weighted by atomic mass is 10.0. The van der Waals surface area contributed by atoms with Crippen LogP contribution in [0.25, 0.3) is 10.9 Å². The van der Waals surface area contributed by atoms with Crippen molar-refractivity contribution in [2.45, 2.75) is 50.2 Å². The van der Waals surface area contributed by atoms with E-state index in [4.69, 9.17) is 5.73 Å². The number of carbonyl (C=O) groups is 5. The van der Waals surface area contributed by atoms with E-state index in [-0.39, 0.29) is 25.2 Å². The number of rotatable bonds is 12. The molecule has 3 unspecified atom stereocenters. The van der Waals surface area contributed by atoms with E-state index in [1.54, 1.807) is 6.20 Å². The van der Waals surface area contributed by atoms with E-state index in [1.165, 1.54) is 0 Å². The smallest absolute Gasteiger partial charge is 0.326 e. The van der Waals surface area contributed by atoms with Gasteiger partial charge in [0.2, 0.25) is 23.6 Å². The number of H-pyrrole nitrogens is 1. The monoisotopic (exact) mass is 486 g/mol. The van der Waals surface area contributed by atoms with Gasteiger partial charge in [0.1, 0.15) is 12.1 Å². The summed E-state index contributed by atoms with van der Waals surface area (Å²) in [4.78, 5) is 63.4. The number of benzene rings is 1. The number of aliphatic carboxylic acids is 1. The number of primary amides is 1. The zero-order chi connectivity index (χ0) is 25.4. The summed E-state index contributed by atoms with van der Waals surface area (Å²) >= 11 is 0. The molecule has 0 aliphatic carbocycles. The van der Waals surface area contributed by atoms with Crippen molar-refractivity contribution in [2.24, 2.45) is 5.73 Å². The molecular formula is C23H30N6O6. The Morgan fingerprint density at radius 3 is 2.57 bits per heavy atom. The number of para-hydroxylation sites is 1. The highest BCUT2D eigenvalue weighted by Gasteiger charge is 2.28. The van der Waals surface area contributed by atoms with Crippen LogP contribution in [0.15, 0.2) is 30.5 Å². The fourth-order valence-corrected chi connectivity index (χ4v) is 3.99. The quantitative estimate of drug-likeness (QED) is 0.198. The van der Waals surface area contributed by atoms with E-state index >= 15 is 0 Å². The minimum Gasteiger partial charge on any atom is -0.480 e. The third-order valence-electron chi connectivity index (χ3n) is 5.84. The van der Waals surface area contributed by atoms with Gasteiger partial charge >= 0.3 is 5.97 Å². The molecule has 1 saturated heterocycles. The van der Waals surface area contributed by atoms with Crippen LogP contribution in [0.2, 0.25) is 0 Å². The topological polar surface area (TPSA) is 196 Å². The second-order valence-corrected chi connectivity index (χ2v) is 8.45. The molecular weight excluding hydrogens is 456 g/mol. The molecule has 3 rings (SSSR count). The number of aromatic amines is 1. The van der Waals surface area contributed by atoms with Crippen LogP contribution in [0.3, 0.4) is 0 Å². The summed E-state index contributed by atoms with van der Waals surface area (Å²) in [5.74, 6) is -3.60. The fourth-order valence-electron chi connectivity index (χ4n) is 3.99. The number of amides is 4. The highest BCUT2D eigenvalue weighted by molar-refractivity contribution is 5.93. The summed E-state index contributed by atoms with van der Waals surface area (Å²) in [6, 6.07) is 4.69. The van der Waals surface area contributed by atoms with Gasteiger partial charge < -0.3 is 37.1 Å². The van der Waals surface area contributed by atoms with Crippen LogP contribution in [0.1, 0.15) is 31.2 Å². The van der Waals surface area contributed by atoms with Crippen LogP contribution >= 0.6 is 0 Å². The van der Waals surface area contributed by atoms with Gasteiger partial charge in [-0.05, 0) is 37.4 Å². The molecule has 1 aromatic heterocycles. The molecule has 0 spiro atoms. The van der Waals surface area contributed by atoms with Crippen molar-refractivity contribution in [1.29, 1.82) is 0 Å². The zero-order valence-corrected chi connectivity index (χ0v) is 19.1. The highest BCUT2D eigenvalue weighted by Crippen LogP contribution is 2.19. The largest absolute Gasteiger partial charge is 0.480 e. The van der Waals surface area contributed by atoms with E-state index < -0.39 is 48.4 Å². The van der Waals surface area contributed by atoms with Gasteiger partial charge in [0, 0.05) is 29.9 Å². The summed E-state index contributed by atoms with van der Waals surface area (Å²) < 4.78 is 0. The predicted molar refractivity (Wildman–Crippen MR) is 126 cm³/mol. The van der Waals surface area contributed by atoms with E-state index in [9.17, 15) is 29.1 Å². The van der Waals surface area contributed by atoms with Gasteiger partial charge in [0.15, 0.2) is 0 Å². The fraction of sp³-hybridized carbons (Fsp3) is 0.435. The summed E-state index contributed by atoms with van der Waals surface area (Å²) in [6.45, 7) is 0.195. The number of fused-ring (bicyclic) bond motifs is 1. The number of hydrogen-bond acceptors (Lipinski definition) is 6. The average molecular weight is 487 g/mol. The van der Waals surface area contributed by atoms with Crippen LogP contribution in [-0.2, 0) is 30.4 Å². The molecule has 2 aromatic rings. The second kappa shape index (κ2) is 12.0. The third kappa shape index (κ3) is 7.27. The summed E-state index contributed by atoms with van der Waals surface area (Å²) in [5.41, 5.74) is 6.75. The molecule has 4 amide bonds. The molecule has 1 aliphatic rings. The normalized spacial score (nSPS) is 16.9. The molecule has 8 N–H and O–H groups in total. The molecule has 12 heteroatoms. The van der Waals surface area contributed by atoms with Crippen molar-refractivity contribution in [2.75, 3.05) is 13.1 Å². The standard InChI is InChI=1S/C23H30N6O6/c24-19(30)8-7-17(29-22(33)16-6-3-9-25-16)21(32)27-12-20(31)28-18(23(34)35)10-13-11-26-15-5-2-1-4-14(13)15/h1-2,4-5,11,16-18,25-26H,3,6-10,12H2,(H2,24,30)(H,27,32)(H,28,31)(H,29,33)(H,34,35). The van der Waals surface area contributed by atoms with Crippen molar-refractivity contribution >= 4 is 40.5 Å². The highest BCUT2D eigenvalue weighted by atomic mass is 16.4.